The van der Waals surface area contributed by atoms with Crippen molar-refractivity contribution in [2.75, 3.05) is 30.3 Å². The standard InChI is InChI=1S/C17H22N4O/c1-13-3-2-4-17(20-13)21-9-10-22-15(12-21)6-5-14-7-8-19-16(18)11-14/h2-4,7-8,11,15H,5-6,9-10,12H2,1H3,(H2,18,19)/t15-/m0/s1. The molecule has 1 aliphatic rings. The van der Waals surface area contributed by atoms with Gasteiger partial charge in [-0.15, -0.1) is 0 Å². The molecule has 5 heteroatoms. The topological polar surface area (TPSA) is 64.3 Å². The Kier molecular flexibility index (Phi) is 4.53. The van der Waals surface area contributed by atoms with Crippen molar-refractivity contribution in [3.05, 3.63) is 47.8 Å². The Bertz CT molecular complexity index is 632. The molecule has 1 fully saturated rings. The third-order valence-electron chi connectivity index (χ3n) is 3.94. The van der Waals surface area contributed by atoms with Crippen LogP contribution in [0.15, 0.2) is 36.5 Å². The van der Waals surface area contributed by atoms with E-state index in [0.29, 0.717) is 5.82 Å². The number of pyridine rings is 2. The number of nitrogen functional groups attached to an aromatic ring is 1. The first-order valence-electron chi connectivity index (χ1n) is 7.71. The Morgan fingerprint density at radius 2 is 2.27 bits per heavy atom. The summed E-state index contributed by atoms with van der Waals surface area (Å²) in [5, 5.41) is 0. The Balaban J connectivity index is 1.59. The quantitative estimate of drug-likeness (QED) is 0.937. The third-order valence-corrected chi connectivity index (χ3v) is 3.94. The molecule has 5 nitrogen and oxygen atoms in total. The molecule has 0 amide bonds. The monoisotopic (exact) mass is 298 g/mol. The van der Waals surface area contributed by atoms with Gasteiger partial charge >= 0.3 is 0 Å². The predicted molar refractivity (Wildman–Crippen MR) is 87.9 cm³/mol. The minimum atomic E-state index is 0.227. The second-order valence-electron chi connectivity index (χ2n) is 5.70. The molecule has 0 unspecified atom stereocenters. The lowest BCUT2D eigenvalue weighted by atomic mass is 10.1. The second-order valence-corrected chi connectivity index (χ2v) is 5.70. The molecule has 2 aromatic rings. The van der Waals surface area contributed by atoms with E-state index in [0.717, 1.165) is 44.0 Å². The number of ether oxygens (including phenoxy) is 1. The van der Waals surface area contributed by atoms with Crippen LogP contribution in [0.2, 0.25) is 0 Å². The van der Waals surface area contributed by atoms with E-state index in [9.17, 15) is 0 Å². The predicted octanol–water partition coefficient (Wildman–Crippen LogP) is 2.21. The molecule has 22 heavy (non-hydrogen) atoms. The van der Waals surface area contributed by atoms with Gasteiger partial charge < -0.3 is 15.4 Å². The van der Waals surface area contributed by atoms with Gasteiger partial charge in [0.15, 0.2) is 0 Å². The number of nitrogens with zero attached hydrogens (tertiary/aromatic N) is 3. The van der Waals surface area contributed by atoms with Crippen molar-refractivity contribution in [1.82, 2.24) is 9.97 Å². The minimum absolute atomic E-state index is 0.227. The number of rotatable bonds is 4. The van der Waals surface area contributed by atoms with Gasteiger partial charge in [-0.2, -0.15) is 0 Å². The molecule has 0 bridgehead atoms. The van der Waals surface area contributed by atoms with E-state index in [1.165, 1.54) is 5.56 Å². The average molecular weight is 298 g/mol. The van der Waals surface area contributed by atoms with Crippen molar-refractivity contribution >= 4 is 11.6 Å². The van der Waals surface area contributed by atoms with Gasteiger partial charge in [0.25, 0.3) is 0 Å². The lowest BCUT2D eigenvalue weighted by Crippen LogP contribution is -2.43. The largest absolute Gasteiger partial charge is 0.384 e. The Hall–Kier alpha value is -2.14. The Morgan fingerprint density at radius 1 is 1.36 bits per heavy atom. The summed E-state index contributed by atoms with van der Waals surface area (Å²) in [5.41, 5.74) is 7.98. The SMILES string of the molecule is Cc1cccc(N2CCO[C@@H](CCc3ccnc(N)c3)C2)n1. The molecule has 2 aromatic heterocycles. The van der Waals surface area contributed by atoms with Crippen LogP contribution in [0.1, 0.15) is 17.7 Å². The number of hydrogen-bond donors (Lipinski definition) is 1. The van der Waals surface area contributed by atoms with E-state index in [1.54, 1.807) is 6.20 Å². The summed E-state index contributed by atoms with van der Waals surface area (Å²) in [6.45, 7) is 4.56. The molecule has 0 aliphatic carbocycles. The van der Waals surface area contributed by atoms with E-state index >= 15 is 0 Å². The summed E-state index contributed by atoms with van der Waals surface area (Å²) in [6, 6.07) is 10.1. The van der Waals surface area contributed by atoms with Gasteiger partial charge in [-0.3, -0.25) is 0 Å². The molecule has 0 radical (unpaired) electrons. The third kappa shape index (κ3) is 3.74. The van der Waals surface area contributed by atoms with Crippen LogP contribution < -0.4 is 10.6 Å². The first-order chi connectivity index (χ1) is 10.7. The fourth-order valence-corrected chi connectivity index (χ4v) is 2.78. The highest BCUT2D eigenvalue weighted by Gasteiger charge is 2.21. The molecular formula is C17H22N4O. The highest BCUT2D eigenvalue weighted by molar-refractivity contribution is 5.39. The van der Waals surface area contributed by atoms with Crippen molar-refractivity contribution in [2.24, 2.45) is 0 Å². The maximum atomic E-state index is 5.90. The van der Waals surface area contributed by atoms with Gasteiger partial charge in [-0.25, -0.2) is 9.97 Å². The molecule has 0 aromatic carbocycles. The Labute approximate surface area is 131 Å². The number of anilines is 2. The summed E-state index contributed by atoms with van der Waals surface area (Å²) in [7, 11) is 0. The average Bonchev–Trinajstić information content (AvgIpc) is 2.53. The highest BCUT2D eigenvalue weighted by Crippen LogP contribution is 2.18. The van der Waals surface area contributed by atoms with Gasteiger partial charge in [0.05, 0.1) is 12.7 Å². The lowest BCUT2D eigenvalue weighted by Gasteiger charge is -2.34. The van der Waals surface area contributed by atoms with E-state index < -0.39 is 0 Å². The van der Waals surface area contributed by atoms with Gasteiger partial charge in [0.1, 0.15) is 11.6 Å². The fraction of sp³-hybridized carbons (Fsp3) is 0.412. The maximum Gasteiger partial charge on any atom is 0.128 e. The zero-order valence-corrected chi connectivity index (χ0v) is 12.9. The van der Waals surface area contributed by atoms with Gasteiger partial charge in [-0.05, 0) is 49.6 Å². The maximum absolute atomic E-state index is 5.90. The first kappa shape index (κ1) is 14.8. The summed E-state index contributed by atoms with van der Waals surface area (Å²) >= 11 is 0. The smallest absolute Gasteiger partial charge is 0.128 e. The van der Waals surface area contributed by atoms with Crippen LogP contribution in [0.3, 0.4) is 0 Å². The van der Waals surface area contributed by atoms with Crippen molar-refractivity contribution in [1.29, 1.82) is 0 Å². The molecule has 1 saturated heterocycles. The number of nitrogens with two attached hydrogens (primary N) is 1. The zero-order chi connectivity index (χ0) is 15.4. The van der Waals surface area contributed by atoms with Crippen molar-refractivity contribution in [3.8, 4) is 0 Å². The fourth-order valence-electron chi connectivity index (χ4n) is 2.78. The van der Waals surface area contributed by atoms with Crippen LogP contribution in [-0.2, 0) is 11.2 Å². The Morgan fingerprint density at radius 3 is 3.09 bits per heavy atom. The summed E-state index contributed by atoms with van der Waals surface area (Å²) in [5.74, 6) is 1.62. The molecule has 1 atom stereocenters. The minimum Gasteiger partial charge on any atom is -0.384 e. The lowest BCUT2D eigenvalue weighted by molar-refractivity contribution is 0.0352. The van der Waals surface area contributed by atoms with E-state index in [4.69, 9.17) is 10.5 Å². The summed E-state index contributed by atoms with van der Waals surface area (Å²) in [6.07, 6.45) is 3.92. The van der Waals surface area contributed by atoms with Crippen LogP contribution in [0.5, 0.6) is 0 Å². The van der Waals surface area contributed by atoms with Gasteiger partial charge in [-0.1, -0.05) is 6.07 Å². The van der Waals surface area contributed by atoms with Crippen LogP contribution in [0, 0.1) is 6.92 Å². The number of hydrogen-bond acceptors (Lipinski definition) is 5. The summed E-state index contributed by atoms with van der Waals surface area (Å²) < 4.78 is 5.90. The van der Waals surface area contributed by atoms with Crippen molar-refractivity contribution in [2.45, 2.75) is 25.9 Å². The highest BCUT2D eigenvalue weighted by atomic mass is 16.5. The number of aromatic nitrogens is 2. The first-order valence-corrected chi connectivity index (χ1v) is 7.71. The van der Waals surface area contributed by atoms with E-state index in [2.05, 4.69) is 27.0 Å². The van der Waals surface area contributed by atoms with E-state index in [1.807, 2.05) is 25.1 Å². The summed E-state index contributed by atoms with van der Waals surface area (Å²) in [4.78, 5) is 10.9. The van der Waals surface area contributed by atoms with E-state index in [-0.39, 0.29) is 6.10 Å². The molecule has 3 rings (SSSR count). The molecule has 3 heterocycles. The van der Waals surface area contributed by atoms with Crippen LogP contribution in [0.25, 0.3) is 0 Å². The molecule has 0 spiro atoms. The zero-order valence-electron chi connectivity index (χ0n) is 12.9. The molecular weight excluding hydrogens is 276 g/mol. The van der Waals surface area contributed by atoms with Crippen molar-refractivity contribution < 1.29 is 4.74 Å². The molecule has 0 saturated carbocycles. The second kappa shape index (κ2) is 6.75. The number of aryl methyl sites for hydroxylation is 2. The van der Waals surface area contributed by atoms with Gasteiger partial charge in [0, 0.05) is 25.0 Å². The molecule has 116 valence electrons. The van der Waals surface area contributed by atoms with Gasteiger partial charge in [0.2, 0.25) is 0 Å². The van der Waals surface area contributed by atoms with Crippen LogP contribution in [-0.4, -0.2) is 35.8 Å². The van der Waals surface area contributed by atoms with Crippen LogP contribution in [0.4, 0.5) is 11.6 Å². The van der Waals surface area contributed by atoms with Crippen LogP contribution >= 0.6 is 0 Å². The number of morpholine rings is 1. The molecule has 2 N–H and O–H groups in total. The molecule has 1 aliphatic heterocycles. The van der Waals surface area contributed by atoms with Crippen molar-refractivity contribution in [3.63, 3.8) is 0 Å². The normalized spacial score (nSPS) is 18.4.